The zero-order valence-electron chi connectivity index (χ0n) is 18.9. The predicted octanol–water partition coefficient (Wildman–Crippen LogP) is 5.75. The van der Waals surface area contributed by atoms with Crippen LogP contribution in [0, 0.1) is 6.92 Å². The number of nitrogens with one attached hydrogen (secondary N) is 1. The quantitative estimate of drug-likeness (QED) is 0.328. The monoisotopic (exact) mass is 469 g/mol. The van der Waals surface area contributed by atoms with Crippen molar-refractivity contribution in [3.63, 3.8) is 0 Å². The van der Waals surface area contributed by atoms with E-state index in [1.54, 1.807) is 6.20 Å². The molecule has 0 spiro atoms. The lowest BCUT2D eigenvalue weighted by Crippen LogP contribution is -2.12. The van der Waals surface area contributed by atoms with E-state index in [4.69, 9.17) is 9.40 Å². The van der Waals surface area contributed by atoms with E-state index in [0.717, 1.165) is 33.2 Å². The van der Waals surface area contributed by atoms with Gasteiger partial charge in [-0.1, -0.05) is 72.0 Å². The number of aryl methyl sites for hydroxylation is 3. The average Bonchev–Trinajstić information content (AvgIpc) is 3.57. The predicted molar refractivity (Wildman–Crippen MR) is 133 cm³/mol. The van der Waals surface area contributed by atoms with E-state index in [-0.39, 0.29) is 12.3 Å². The number of imidazole rings is 1. The summed E-state index contributed by atoms with van der Waals surface area (Å²) < 4.78 is 8.06. The number of amides is 1. The Morgan fingerprint density at radius 2 is 1.74 bits per heavy atom. The fourth-order valence-electron chi connectivity index (χ4n) is 3.69. The van der Waals surface area contributed by atoms with Crippen molar-refractivity contribution >= 4 is 22.4 Å². The Balaban J connectivity index is 1.31. The van der Waals surface area contributed by atoms with Crippen LogP contribution in [0.25, 0.3) is 33.3 Å². The van der Waals surface area contributed by atoms with Crippen molar-refractivity contribution in [1.29, 1.82) is 0 Å². The summed E-state index contributed by atoms with van der Waals surface area (Å²) in [5, 5.41) is 3.46. The van der Waals surface area contributed by atoms with Gasteiger partial charge in [-0.15, -0.1) is 0 Å². The van der Waals surface area contributed by atoms with Gasteiger partial charge in [-0.25, -0.2) is 15.0 Å². The molecule has 0 saturated carbocycles. The lowest BCUT2D eigenvalue weighted by atomic mass is 10.1. The molecule has 0 saturated heterocycles. The SMILES string of the molecule is Cc1nc(NC(=O)CCc2nc(-c3ccccc3)c(-c3ccccc3)o2)sc1-c1nccn1C. The molecular formula is C26H23N5O2S. The summed E-state index contributed by atoms with van der Waals surface area (Å²) >= 11 is 1.42. The molecule has 0 aliphatic rings. The zero-order valence-corrected chi connectivity index (χ0v) is 19.7. The maximum Gasteiger partial charge on any atom is 0.226 e. The van der Waals surface area contributed by atoms with Gasteiger partial charge in [0.25, 0.3) is 0 Å². The van der Waals surface area contributed by atoms with Crippen molar-refractivity contribution in [2.75, 3.05) is 5.32 Å². The van der Waals surface area contributed by atoms with Crippen LogP contribution in [0.15, 0.2) is 77.5 Å². The van der Waals surface area contributed by atoms with Crippen LogP contribution < -0.4 is 5.32 Å². The van der Waals surface area contributed by atoms with Crippen molar-refractivity contribution in [1.82, 2.24) is 19.5 Å². The van der Waals surface area contributed by atoms with Gasteiger partial charge in [-0.05, 0) is 6.92 Å². The topological polar surface area (TPSA) is 85.8 Å². The summed E-state index contributed by atoms with van der Waals surface area (Å²) in [4.78, 5) is 27.2. The first-order valence-corrected chi connectivity index (χ1v) is 11.8. The number of benzene rings is 2. The lowest BCUT2D eigenvalue weighted by Gasteiger charge is -2.01. The molecule has 7 nitrogen and oxygen atoms in total. The molecule has 34 heavy (non-hydrogen) atoms. The van der Waals surface area contributed by atoms with Crippen molar-refractivity contribution in [2.45, 2.75) is 19.8 Å². The zero-order chi connectivity index (χ0) is 23.5. The van der Waals surface area contributed by atoms with Crippen LogP contribution in [0.3, 0.4) is 0 Å². The molecule has 170 valence electrons. The van der Waals surface area contributed by atoms with Gasteiger partial charge in [0.1, 0.15) is 5.69 Å². The molecule has 0 unspecified atom stereocenters. The molecule has 1 N–H and O–H groups in total. The summed E-state index contributed by atoms with van der Waals surface area (Å²) in [6.45, 7) is 1.92. The van der Waals surface area contributed by atoms with Crippen LogP contribution >= 0.6 is 11.3 Å². The Bertz CT molecular complexity index is 1360. The standard InChI is InChI=1S/C26H23N5O2S/c1-17-24(25-27-15-16-31(25)2)34-26(28-17)29-20(32)13-14-21-30-22(18-9-5-3-6-10-18)23(33-21)19-11-7-4-8-12-19/h3-12,15-16H,13-14H2,1-2H3,(H,28,29,32). The first-order chi connectivity index (χ1) is 16.6. The molecule has 5 aromatic rings. The van der Waals surface area contributed by atoms with Gasteiger partial charge in [-0.3, -0.25) is 4.79 Å². The number of anilines is 1. The maximum absolute atomic E-state index is 12.7. The molecule has 3 heterocycles. The highest BCUT2D eigenvalue weighted by Crippen LogP contribution is 2.33. The van der Waals surface area contributed by atoms with Gasteiger partial charge >= 0.3 is 0 Å². The fraction of sp³-hybridized carbons (Fsp3) is 0.154. The average molecular weight is 470 g/mol. The summed E-state index contributed by atoms with van der Waals surface area (Å²) in [6.07, 6.45) is 4.25. The van der Waals surface area contributed by atoms with Crippen molar-refractivity contribution in [3.8, 4) is 33.3 Å². The number of rotatable bonds is 7. The maximum atomic E-state index is 12.7. The molecule has 0 radical (unpaired) electrons. The smallest absolute Gasteiger partial charge is 0.226 e. The Hall–Kier alpha value is -4.04. The summed E-state index contributed by atoms with van der Waals surface area (Å²) in [5.74, 6) is 1.92. The van der Waals surface area contributed by atoms with E-state index in [2.05, 4.69) is 15.3 Å². The van der Waals surface area contributed by atoms with Crippen LogP contribution in [0.2, 0.25) is 0 Å². The largest absolute Gasteiger partial charge is 0.440 e. The summed E-state index contributed by atoms with van der Waals surface area (Å²) in [7, 11) is 1.93. The minimum absolute atomic E-state index is 0.138. The number of aromatic nitrogens is 4. The highest BCUT2D eigenvalue weighted by molar-refractivity contribution is 7.19. The Kier molecular flexibility index (Phi) is 6.05. The normalized spacial score (nSPS) is 11.0. The number of oxazole rings is 1. The van der Waals surface area contributed by atoms with Gasteiger partial charge in [0.05, 0.1) is 10.6 Å². The summed E-state index contributed by atoms with van der Waals surface area (Å²) in [5.41, 5.74) is 3.53. The Morgan fingerprint density at radius 3 is 2.41 bits per heavy atom. The molecule has 0 atom stereocenters. The number of carbonyl (C=O) groups excluding carboxylic acids is 1. The van der Waals surface area contributed by atoms with Crippen molar-refractivity contribution < 1.29 is 9.21 Å². The second-order valence-electron chi connectivity index (χ2n) is 7.86. The molecular weight excluding hydrogens is 446 g/mol. The molecule has 0 fully saturated rings. The first-order valence-electron chi connectivity index (χ1n) is 10.9. The second-order valence-corrected chi connectivity index (χ2v) is 8.86. The van der Waals surface area contributed by atoms with E-state index < -0.39 is 0 Å². The van der Waals surface area contributed by atoms with Crippen LogP contribution in [0.5, 0.6) is 0 Å². The highest BCUT2D eigenvalue weighted by atomic mass is 32.1. The minimum Gasteiger partial charge on any atom is -0.440 e. The highest BCUT2D eigenvalue weighted by Gasteiger charge is 2.19. The number of thiazole rings is 1. The molecule has 5 rings (SSSR count). The van der Waals surface area contributed by atoms with E-state index in [9.17, 15) is 4.79 Å². The molecule has 0 aliphatic heterocycles. The number of hydrogen-bond acceptors (Lipinski definition) is 6. The second kappa shape index (κ2) is 9.44. The van der Waals surface area contributed by atoms with Crippen molar-refractivity contribution in [2.24, 2.45) is 7.05 Å². The number of hydrogen-bond donors (Lipinski definition) is 1. The van der Waals surface area contributed by atoms with Gasteiger partial charge in [0.2, 0.25) is 5.91 Å². The Labute approximate surface area is 201 Å². The van der Waals surface area contributed by atoms with Gasteiger partial charge < -0.3 is 14.3 Å². The molecule has 0 bridgehead atoms. The van der Waals surface area contributed by atoms with Gasteiger partial charge in [0.15, 0.2) is 22.6 Å². The van der Waals surface area contributed by atoms with E-state index in [1.165, 1.54) is 11.3 Å². The van der Waals surface area contributed by atoms with Gasteiger partial charge in [0, 0.05) is 43.4 Å². The molecule has 0 aliphatic carbocycles. The molecule has 2 aromatic carbocycles. The molecule has 3 aromatic heterocycles. The molecule has 8 heteroatoms. The summed E-state index contributed by atoms with van der Waals surface area (Å²) in [6, 6.07) is 19.8. The first kappa shape index (κ1) is 21.8. The third kappa shape index (κ3) is 4.53. The van der Waals surface area contributed by atoms with E-state index in [0.29, 0.717) is 23.2 Å². The Morgan fingerprint density at radius 1 is 1.03 bits per heavy atom. The van der Waals surface area contributed by atoms with Gasteiger partial charge in [-0.2, -0.15) is 0 Å². The molecule has 1 amide bonds. The fourth-order valence-corrected chi connectivity index (χ4v) is 4.71. The third-order valence-electron chi connectivity index (χ3n) is 5.39. The van der Waals surface area contributed by atoms with Crippen LogP contribution in [-0.2, 0) is 18.3 Å². The van der Waals surface area contributed by atoms with Crippen LogP contribution in [0.1, 0.15) is 18.0 Å². The van der Waals surface area contributed by atoms with Crippen molar-refractivity contribution in [3.05, 3.63) is 84.6 Å². The van der Waals surface area contributed by atoms with Crippen LogP contribution in [-0.4, -0.2) is 25.4 Å². The van der Waals surface area contributed by atoms with E-state index in [1.807, 2.05) is 85.4 Å². The van der Waals surface area contributed by atoms with Crippen LogP contribution in [0.4, 0.5) is 5.13 Å². The number of nitrogens with zero attached hydrogens (tertiary/aromatic N) is 4. The van der Waals surface area contributed by atoms with E-state index >= 15 is 0 Å². The number of carbonyl (C=O) groups is 1. The minimum atomic E-state index is -0.138. The lowest BCUT2D eigenvalue weighted by molar-refractivity contribution is -0.116. The third-order valence-corrected chi connectivity index (χ3v) is 6.46.